The molecule has 0 spiro atoms. The smallest absolute Gasteiger partial charge is 0.230 e. The lowest BCUT2D eigenvalue weighted by Gasteiger charge is -2.40. The monoisotopic (exact) mass is 327 g/mol. The van der Waals surface area contributed by atoms with E-state index in [0.29, 0.717) is 12.6 Å². The quantitative estimate of drug-likeness (QED) is 0.841. The summed E-state index contributed by atoms with van der Waals surface area (Å²) in [5.74, 6) is 0.271. The number of halogens is 2. The summed E-state index contributed by atoms with van der Waals surface area (Å²) in [5, 5.41) is 0. The van der Waals surface area contributed by atoms with Gasteiger partial charge in [-0.25, -0.2) is 0 Å². The Morgan fingerprint density at radius 3 is 1.95 bits per heavy atom. The second-order valence-corrected chi connectivity index (χ2v) is 5.68. The molecule has 0 unspecified atom stereocenters. The second kappa shape index (κ2) is 9.82. The van der Waals surface area contributed by atoms with Crippen molar-refractivity contribution in [1.82, 2.24) is 9.80 Å². The summed E-state index contributed by atoms with van der Waals surface area (Å²) in [5.41, 5.74) is 5.53. The highest BCUT2D eigenvalue weighted by atomic mass is 35.5. The number of carbonyl (C=O) groups excluding carboxylic acids is 1. The van der Waals surface area contributed by atoms with E-state index in [1.807, 2.05) is 4.90 Å². The van der Waals surface area contributed by atoms with Crippen LogP contribution in [0.1, 0.15) is 39.5 Å². The third kappa shape index (κ3) is 4.76. The summed E-state index contributed by atoms with van der Waals surface area (Å²) < 4.78 is 0. The van der Waals surface area contributed by atoms with Crippen molar-refractivity contribution in [3.63, 3.8) is 0 Å². The van der Waals surface area contributed by atoms with Crippen molar-refractivity contribution in [2.24, 2.45) is 11.1 Å². The lowest BCUT2D eigenvalue weighted by atomic mass is 9.80. The minimum absolute atomic E-state index is 0. The molecule has 1 fully saturated rings. The molecule has 20 heavy (non-hydrogen) atoms. The number of hydrogen-bond acceptors (Lipinski definition) is 3. The van der Waals surface area contributed by atoms with Gasteiger partial charge in [-0.3, -0.25) is 4.79 Å². The van der Waals surface area contributed by atoms with Crippen LogP contribution in [-0.2, 0) is 4.79 Å². The first-order chi connectivity index (χ1) is 8.50. The number of nitrogens with two attached hydrogens (primary N) is 1. The van der Waals surface area contributed by atoms with Crippen molar-refractivity contribution in [2.45, 2.75) is 45.6 Å². The van der Waals surface area contributed by atoms with E-state index >= 15 is 0 Å². The molecule has 0 bridgehead atoms. The first kappa shape index (κ1) is 22.3. The number of amides is 1. The Kier molecular flexibility index (Phi) is 10.9. The average molecular weight is 328 g/mol. The molecular weight excluding hydrogens is 297 g/mol. The van der Waals surface area contributed by atoms with Crippen molar-refractivity contribution in [3.05, 3.63) is 0 Å². The normalized spacial score (nSPS) is 16.6. The largest absolute Gasteiger partial charge is 0.342 e. The maximum absolute atomic E-state index is 12.6. The number of carbonyl (C=O) groups is 1. The minimum Gasteiger partial charge on any atom is -0.342 e. The van der Waals surface area contributed by atoms with E-state index < -0.39 is 0 Å². The van der Waals surface area contributed by atoms with Gasteiger partial charge in [-0.2, -0.15) is 0 Å². The molecule has 4 nitrogen and oxygen atoms in total. The maximum Gasteiger partial charge on any atom is 0.230 e. The Labute approximate surface area is 136 Å². The van der Waals surface area contributed by atoms with Crippen LogP contribution < -0.4 is 5.73 Å². The van der Waals surface area contributed by atoms with Gasteiger partial charge in [0.1, 0.15) is 0 Å². The molecule has 0 aromatic carbocycles. The summed E-state index contributed by atoms with van der Waals surface area (Å²) in [6, 6.07) is 0.615. The molecule has 0 aliphatic carbocycles. The fourth-order valence-electron chi connectivity index (χ4n) is 2.85. The highest BCUT2D eigenvalue weighted by Crippen LogP contribution is 2.29. The van der Waals surface area contributed by atoms with Crippen LogP contribution >= 0.6 is 24.8 Å². The molecule has 0 saturated carbocycles. The predicted octanol–water partition coefficient (Wildman–Crippen LogP) is 2.15. The molecule has 1 heterocycles. The molecule has 1 rings (SSSR count). The van der Waals surface area contributed by atoms with Crippen molar-refractivity contribution in [3.8, 4) is 0 Å². The predicted molar refractivity (Wildman–Crippen MR) is 89.9 cm³/mol. The van der Waals surface area contributed by atoms with E-state index in [4.69, 9.17) is 5.73 Å². The van der Waals surface area contributed by atoms with Gasteiger partial charge in [0.15, 0.2) is 0 Å². The lowest BCUT2D eigenvalue weighted by Crippen LogP contribution is -2.52. The van der Waals surface area contributed by atoms with Crippen LogP contribution in [0.3, 0.4) is 0 Å². The van der Waals surface area contributed by atoms with E-state index in [9.17, 15) is 4.79 Å². The standard InChI is InChI=1S/C14H29N3O.2ClH/c1-5-14(6-2,11-15)13(18)17-9-7-12(8-10-17)16(3)4;;/h12H,5-11,15H2,1-4H3;2*1H. The molecule has 1 aliphatic heterocycles. The van der Waals surface area contributed by atoms with E-state index in [2.05, 4.69) is 32.8 Å². The molecule has 0 atom stereocenters. The highest BCUT2D eigenvalue weighted by molar-refractivity contribution is 5.85. The van der Waals surface area contributed by atoms with Crippen LogP contribution in [-0.4, -0.2) is 55.5 Å². The highest BCUT2D eigenvalue weighted by Gasteiger charge is 2.38. The maximum atomic E-state index is 12.6. The summed E-state index contributed by atoms with van der Waals surface area (Å²) in [6.45, 7) is 6.36. The summed E-state index contributed by atoms with van der Waals surface area (Å²) in [6.07, 6.45) is 3.83. The number of rotatable bonds is 5. The third-order valence-electron chi connectivity index (χ3n) is 4.68. The zero-order chi connectivity index (χ0) is 13.8. The SMILES string of the molecule is CCC(CC)(CN)C(=O)N1CCC(N(C)C)CC1.Cl.Cl. The van der Waals surface area contributed by atoms with Gasteiger partial charge >= 0.3 is 0 Å². The van der Waals surface area contributed by atoms with Gasteiger partial charge in [0.25, 0.3) is 0 Å². The summed E-state index contributed by atoms with van der Waals surface area (Å²) in [7, 11) is 4.23. The fourth-order valence-corrected chi connectivity index (χ4v) is 2.85. The van der Waals surface area contributed by atoms with E-state index in [1.165, 1.54) is 0 Å². The van der Waals surface area contributed by atoms with Crippen molar-refractivity contribution < 1.29 is 4.79 Å². The van der Waals surface area contributed by atoms with Crippen LogP contribution in [0.2, 0.25) is 0 Å². The molecule has 0 radical (unpaired) electrons. The zero-order valence-electron chi connectivity index (χ0n) is 13.2. The van der Waals surface area contributed by atoms with Crippen LogP contribution in [0, 0.1) is 5.41 Å². The molecule has 6 heteroatoms. The van der Waals surface area contributed by atoms with Crippen molar-refractivity contribution in [1.29, 1.82) is 0 Å². The second-order valence-electron chi connectivity index (χ2n) is 5.68. The number of piperidine rings is 1. The Morgan fingerprint density at radius 1 is 1.20 bits per heavy atom. The molecule has 1 saturated heterocycles. The lowest BCUT2D eigenvalue weighted by molar-refractivity contribution is -0.143. The first-order valence-corrected chi connectivity index (χ1v) is 7.16. The molecule has 2 N–H and O–H groups in total. The van der Waals surface area contributed by atoms with Crippen molar-refractivity contribution in [2.75, 3.05) is 33.7 Å². The van der Waals surface area contributed by atoms with Gasteiger partial charge in [-0.1, -0.05) is 13.8 Å². The average Bonchev–Trinajstić information content (AvgIpc) is 2.41. The molecule has 1 aliphatic rings. The number of hydrogen-bond donors (Lipinski definition) is 1. The Morgan fingerprint density at radius 2 is 1.65 bits per heavy atom. The first-order valence-electron chi connectivity index (χ1n) is 7.16. The van der Waals surface area contributed by atoms with Crippen molar-refractivity contribution >= 4 is 30.7 Å². The molecular formula is C14H31Cl2N3O. The molecule has 1 amide bonds. The zero-order valence-corrected chi connectivity index (χ0v) is 14.9. The molecule has 0 aromatic rings. The minimum atomic E-state index is -0.328. The Hall–Kier alpha value is -0.0300. The Bertz CT molecular complexity index is 267. The molecule has 0 aromatic heterocycles. The topological polar surface area (TPSA) is 49.6 Å². The summed E-state index contributed by atoms with van der Waals surface area (Å²) >= 11 is 0. The van der Waals surface area contributed by atoms with Gasteiger partial charge in [0, 0.05) is 25.7 Å². The number of likely N-dealkylation sites (tertiary alicyclic amines) is 1. The van der Waals surface area contributed by atoms with Gasteiger partial charge in [0.2, 0.25) is 5.91 Å². The molecule has 122 valence electrons. The van der Waals surface area contributed by atoms with E-state index in [-0.39, 0.29) is 36.1 Å². The van der Waals surface area contributed by atoms with Gasteiger partial charge < -0.3 is 15.5 Å². The van der Waals surface area contributed by atoms with Crippen LogP contribution in [0.4, 0.5) is 0 Å². The van der Waals surface area contributed by atoms with E-state index in [0.717, 1.165) is 38.8 Å². The summed E-state index contributed by atoms with van der Waals surface area (Å²) in [4.78, 5) is 16.9. The van der Waals surface area contributed by atoms with Gasteiger partial charge in [0.05, 0.1) is 5.41 Å². The van der Waals surface area contributed by atoms with Crippen LogP contribution in [0.5, 0.6) is 0 Å². The van der Waals surface area contributed by atoms with Gasteiger partial charge in [-0.05, 0) is 39.8 Å². The van der Waals surface area contributed by atoms with Crippen LogP contribution in [0.15, 0.2) is 0 Å². The van der Waals surface area contributed by atoms with E-state index in [1.54, 1.807) is 0 Å². The number of nitrogens with zero attached hydrogens (tertiary/aromatic N) is 2. The Balaban J connectivity index is 0. The third-order valence-corrected chi connectivity index (χ3v) is 4.68. The van der Waals surface area contributed by atoms with Crippen LogP contribution in [0.25, 0.3) is 0 Å². The van der Waals surface area contributed by atoms with Gasteiger partial charge in [-0.15, -0.1) is 24.8 Å². The fraction of sp³-hybridized carbons (Fsp3) is 0.929.